The molecule has 0 aliphatic heterocycles. The third-order valence-electron chi connectivity index (χ3n) is 4.05. The smallest absolute Gasteiger partial charge is 0.330 e. The molecule has 26 heavy (non-hydrogen) atoms. The van der Waals surface area contributed by atoms with Crippen LogP contribution in [-0.4, -0.2) is 16.9 Å². The number of carbonyl (C=O) groups excluding carboxylic acids is 2. The maximum Gasteiger partial charge on any atom is 0.333 e. The first-order valence-corrected chi connectivity index (χ1v) is 8.35. The summed E-state index contributed by atoms with van der Waals surface area (Å²) in [6.45, 7) is 1.89. The fourth-order valence-corrected chi connectivity index (χ4v) is 2.65. The molecule has 1 aromatic heterocycles. The van der Waals surface area contributed by atoms with E-state index in [1.807, 2.05) is 49.4 Å². The molecular formula is C20H20N4O2. The molecule has 0 saturated heterocycles. The predicted molar refractivity (Wildman–Crippen MR) is 100 cm³/mol. The molecule has 0 aliphatic rings. The number of amides is 3. The van der Waals surface area contributed by atoms with E-state index in [0.717, 1.165) is 21.9 Å². The lowest BCUT2D eigenvalue weighted by molar-refractivity contribution is -0.121. The van der Waals surface area contributed by atoms with E-state index in [2.05, 4.69) is 21.2 Å². The van der Waals surface area contributed by atoms with E-state index in [4.69, 9.17) is 0 Å². The highest BCUT2D eigenvalue weighted by Gasteiger charge is 2.11. The minimum atomic E-state index is -0.464. The van der Waals surface area contributed by atoms with Crippen molar-refractivity contribution in [2.75, 3.05) is 0 Å². The van der Waals surface area contributed by atoms with Crippen LogP contribution in [0.2, 0.25) is 0 Å². The zero-order chi connectivity index (χ0) is 18.4. The first-order valence-electron chi connectivity index (χ1n) is 8.35. The van der Waals surface area contributed by atoms with E-state index in [1.165, 1.54) is 0 Å². The number of aromatic nitrogens is 1. The molecule has 0 aliphatic carbocycles. The second-order valence-electron chi connectivity index (χ2n) is 6.01. The summed E-state index contributed by atoms with van der Waals surface area (Å²) in [6.07, 6.45) is 3.41. The van der Waals surface area contributed by atoms with Crippen molar-refractivity contribution in [1.82, 2.24) is 21.2 Å². The highest BCUT2D eigenvalue weighted by molar-refractivity contribution is 5.84. The van der Waals surface area contributed by atoms with Crippen molar-refractivity contribution in [3.05, 3.63) is 78.1 Å². The van der Waals surface area contributed by atoms with Gasteiger partial charge in [-0.15, -0.1) is 0 Å². The van der Waals surface area contributed by atoms with Crippen molar-refractivity contribution in [3.63, 3.8) is 0 Å². The Labute approximate surface area is 151 Å². The van der Waals surface area contributed by atoms with Gasteiger partial charge in [0.1, 0.15) is 0 Å². The van der Waals surface area contributed by atoms with Crippen molar-refractivity contribution in [1.29, 1.82) is 0 Å². The summed E-state index contributed by atoms with van der Waals surface area (Å²) in [5.41, 5.74) is 6.58. The first-order chi connectivity index (χ1) is 12.6. The lowest BCUT2D eigenvalue weighted by atomic mass is 10.0. The quantitative estimate of drug-likeness (QED) is 0.634. The molecule has 6 nitrogen and oxygen atoms in total. The fourth-order valence-electron chi connectivity index (χ4n) is 2.65. The Bertz CT molecular complexity index is 912. The molecule has 0 radical (unpaired) electrons. The minimum Gasteiger partial charge on any atom is -0.330 e. The molecule has 0 fully saturated rings. The van der Waals surface area contributed by atoms with Gasteiger partial charge in [-0.3, -0.25) is 15.2 Å². The molecule has 1 heterocycles. The second-order valence-corrected chi connectivity index (χ2v) is 6.01. The van der Waals surface area contributed by atoms with Crippen LogP contribution in [0.25, 0.3) is 10.8 Å². The van der Waals surface area contributed by atoms with E-state index in [-0.39, 0.29) is 18.4 Å². The van der Waals surface area contributed by atoms with Gasteiger partial charge in [0.05, 0.1) is 12.5 Å². The number of rotatable bonds is 4. The number of nitrogens with zero attached hydrogens (tertiary/aromatic N) is 1. The highest BCUT2D eigenvalue weighted by Crippen LogP contribution is 2.20. The van der Waals surface area contributed by atoms with Crippen molar-refractivity contribution in [2.45, 2.75) is 19.4 Å². The fraction of sp³-hybridized carbons (Fsp3) is 0.150. The maximum atomic E-state index is 12.0. The largest absolute Gasteiger partial charge is 0.333 e. The van der Waals surface area contributed by atoms with Gasteiger partial charge in [0.15, 0.2) is 0 Å². The SMILES string of the molecule is CC(NC(=O)NNC(=O)Cc1ccncc1)c1ccc2ccccc2c1. The summed E-state index contributed by atoms with van der Waals surface area (Å²) >= 11 is 0. The van der Waals surface area contributed by atoms with Crippen LogP contribution in [0.1, 0.15) is 24.1 Å². The highest BCUT2D eigenvalue weighted by atomic mass is 16.2. The number of fused-ring (bicyclic) bond motifs is 1. The normalized spacial score (nSPS) is 11.6. The van der Waals surface area contributed by atoms with E-state index in [0.29, 0.717) is 0 Å². The molecule has 3 N–H and O–H groups in total. The van der Waals surface area contributed by atoms with E-state index in [9.17, 15) is 9.59 Å². The number of urea groups is 1. The topological polar surface area (TPSA) is 83.1 Å². The molecular weight excluding hydrogens is 328 g/mol. The van der Waals surface area contributed by atoms with Gasteiger partial charge in [-0.2, -0.15) is 0 Å². The van der Waals surface area contributed by atoms with Crippen LogP contribution in [-0.2, 0) is 11.2 Å². The van der Waals surface area contributed by atoms with Crippen LogP contribution in [0, 0.1) is 0 Å². The first kappa shape index (κ1) is 17.4. The number of hydrogen-bond acceptors (Lipinski definition) is 3. The summed E-state index contributed by atoms with van der Waals surface area (Å²) in [7, 11) is 0. The monoisotopic (exact) mass is 348 g/mol. The third-order valence-corrected chi connectivity index (χ3v) is 4.05. The van der Waals surface area contributed by atoms with Gasteiger partial charge >= 0.3 is 6.03 Å². The Morgan fingerprint density at radius 2 is 1.69 bits per heavy atom. The van der Waals surface area contributed by atoms with E-state index in [1.54, 1.807) is 24.5 Å². The third kappa shape index (κ3) is 4.57. The molecule has 1 unspecified atom stereocenters. The van der Waals surface area contributed by atoms with Gasteiger partial charge in [0, 0.05) is 12.4 Å². The van der Waals surface area contributed by atoms with Gasteiger partial charge in [0.25, 0.3) is 0 Å². The number of nitrogens with one attached hydrogen (secondary N) is 3. The van der Waals surface area contributed by atoms with Crippen LogP contribution < -0.4 is 16.2 Å². The summed E-state index contributed by atoms with van der Waals surface area (Å²) in [6, 6.07) is 16.9. The van der Waals surface area contributed by atoms with Gasteiger partial charge in [-0.25, -0.2) is 10.2 Å². The average Bonchev–Trinajstić information content (AvgIpc) is 2.67. The summed E-state index contributed by atoms with van der Waals surface area (Å²) < 4.78 is 0. The van der Waals surface area contributed by atoms with E-state index < -0.39 is 6.03 Å². The number of pyridine rings is 1. The van der Waals surface area contributed by atoms with Gasteiger partial charge < -0.3 is 5.32 Å². The number of carbonyl (C=O) groups is 2. The molecule has 0 spiro atoms. The van der Waals surface area contributed by atoms with Gasteiger partial charge in [-0.1, -0.05) is 36.4 Å². The number of hydrazine groups is 1. The predicted octanol–water partition coefficient (Wildman–Crippen LogP) is 2.87. The van der Waals surface area contributed by atoms with E-state index >= 15 is 0 Å². The van der Waals surface area contributed by atoms with Gasteiger partial charge in [0.2, 0.25) is 5.91 Å². The lowest BCUT2D eigenvalue weighted by Crippen LogP contribution is -2.47. The molecule has 0 saturated carbocycles. The Balaban J connectivity index is 1.51. The van der Waals surface area contributed by atoms with Crippen LogP contribution in [0.3, 0.4) is 0 Å². The molecule has 132 valence electrons. The van der Waals surface area contributed by atoms with Crippen LogP contribution >= 0.6 is 0 Å². The minimum absolute atomic E-state index is 0.170. The average molecular weight is 348 g/mol. The maximum absolute atomic E-state index is 12.0. The van der Waals surface area contributed by atoms with Crippen molar-refractivity contribution in [2.24, 2.45) is 0 Å². The summed E-state index contributed by atoms with van der Waals surface area (Å²) in [4.78, 5) is 27.7. The van der Waals surface area contributed by atoms with Crippen LogP contribution in [0.4, 0.5) is 4.79 Å². The zero-order valence-corrected chi connectivity index (χ0v) is 14.4. The van der Waals surface area contributed by atoms with Crippen molar-refractivity contribution < 1.29 is 9.59 Å². The molecule has 0 bridgehead atoms. The van der Waals surface area contributed by atoms with Gasteiger partial charge in [-0.05, 0) is 47.0 Å². The zero-order valence-electron chi connectivity index (χ0n) is 14.4. The molecule has 3 amide bonds. The molecule has 3 aromatic rings. The Morgan fingerprint density at radius 1 is 0.962 bits per heavy atom. The van der Waals surface area contributed by atoms with Crippen molar-refractivity contribution in [3.8, 4) is 0 Å². The Kier molecular flexibility index (Phi) is 5.43. The standard InChI is InChI=1S/C20H20N4O2/c1-14(17-7-6-16-4-2-3-5-18(16)13-17)22-20(26)24-23-19(25)12-15-8-10-21-11-9-15/h2-11,13-14H,12H2,1H3,(H,23,25)(H2,22,24,26). The molecule has 3 rings (SSSR count). The number of hydrogen-bond donors (Lipinski definition) is 3. The summed E-state index contributed by atoms with van der Waals surface area (Å²) in [5.74, 6) is -0.301. The Hall–Kier alpha value is -3.41. The Morgan fingerprint density at radius 3 is 2.46 bits per heavy atom. The second kappa shape index (κ2) is 8.11. The summed E-state index contributed by atoms with van der Waals surface area (Å²) in [5, 5.41) is 5.07. The van der Waals surface area contributed by atoms with Crippen molar-refractivity contribution >= 4 is 22.7 Å². The number of benzene rings is 2. The molecule has 1 atom stereocenters. The molecule has 6 heteroatoms. The molecule has 2 aromatic carbocycles. The lowest BCUT2D eigenvalue weighted by Gasteiger charge is -2.16. The van der Waals surface area contributed by atoms with Crippen LogP contribution in [0.15, 0.2) is 67.0 Å². The van der Waals surface area contributed by atoms with Crippen LogP contribution in [0.5, 0.6) is 0 Å².